The minimum atomic E-state index is -0.404. The summed E-state index contributed by atoms with van der Waals surface area (Å²) in [5.41, 5.74) is 1.71. The van der Waals surface area contributed by atoms with Gasteiger partial charge in [0.2, 0.25) is 0 Å². The van der Waals surface area contributed by atoms with Crippen molar-refractivity contribution in [2.45, 2.75) is 6.54 Å². The highest BCUT2D eigenvalue weighted by Crippen LogP contribution is 2.26. The van der Waals surface area contributed by atoms with Gasteiger partial charge in [0.05, 0.1) is 24.8 Å². The first-order valence-corrected chi connectivity index (χ1v) is 11.3. The zero-order valence-electron chi connectivity index (χ0n) is 18.1. The van der Waals surface area contributed by atoms with E-state index in [1.807, 2.05) is 60.0 Å². The number of benzene rings is 3. The molecule has 6 heteroatoms. The molecule has 0 aliphatic carbocycles. The van der Waals surface area contributed by atoms with Crippen LogP contribution < -0.4 is 10.1 Å². The summed E-state index contributed by atoms with van der Waals surface area (Å²) in [4.78, 5) is 25.8. The molecule has 4 aromatic rings. The maximum absolute atomic E-state index is 13.0. The van der Waals surface area contributed by atoms with Crippen molar-refractivity contribution in [2.75, 3.05) is 13.7 Å². The molecule has 0 aliphatic heterocycles. The molecular weight excluding hydrogens is 434 g/mol. The van der Waals surface area contributed by atoms with Crippen LogP contribution in [0.1, 0.15) is 20.8 Å². The van der Waals surface area contributed by atoms with Crippen molar-refractivity contribution < 1.29 is 19.1 Å². The Morgan fingerprint density at radius 3 is 2.48 bits per heavy atom. The van der Waals surface area contributed by atoms with Gasteiger partial charge < -0.3 is 14.8 Å². The molecule has 0 saturated heterocycles. The Hall–Kier alpha value is -3.90. The topological polar surface area (TPSA) is 64.6 Å². The first-order valence-electron chi connectivity index (χ1n) is 10.4. The van der Waals surface area contributed by atoms with Crippen LogP contribution in [0.25, 0.3) is 16.8 Å². The van der Waals surface area contributed by atoms with Gasteiger partial charge in [-0.25, -0.2) is 4.79 Å². The Balaban J connectivity index is 1.56. The summed E-state index contributed by atoms with van der Waals surface area (Å²) in [6.45, 7) is 0.548. The van der Waals surface area contributed by atoms with Crippen molar-refractivity contribution in [3.05, 3.63) is 106 Å². The maximum atomic E-state index is 13.0. The van der Waals surface area contributed by atoms with E-state index in [2.05, 4.69) is 5.32 Å². The zero-order valence-corrected chi connectivity index (χ0v) is 18.9. The van der Waals surface area contributed by atoms with Gasteiger partial charge in [-0.3, -0.25) is 4.79 Å². The number of hydrogen-bond donors (Lipinski definition) is 1. The molecule has 0 saturated carbocycles. The number of rotatable bonds is 8. The quantitative estimate of drug-likeness (QED) is 0.282. The third kappa shape index (κ3) is 5.67. The number of methoxy groups -OCH3 is 1. The molecule has 0 aliphatic rings. The SMILES string of the molecule is COC(=O)c1ccc(/C=C(\COc2cccc3ccccc23)C(=O)NCc2cccs2)cc1. The zero-order chi connectivity index (χ0) is 23.0. The smallest absolute Gasteiger partial charge is 0.337 e. The molecule has 1 heterocycles. The highest BCUT2D eigenvalue weighted by atomic mass is 32.1. The fourth-order valence-corrected chi connectivity index (χ4v) is 4.02. The number of hydrogen-bond acceptors (Lipinski definition) is 5. The second kappa shape index (κ2) is 10.6. The van der Waals surface area contributed by atoms with E-state index in [4.69, 9.17) is 9.47 Å². The second-order valence-corrected chi connectivity index (χ2v) is 8.34. The van der Waals surface area contributed by atoms with Crippen LogP contribution in [0.5, 0.6) is 5.75 Å². The summed E-state index contributed by atoms with van der Waals surface area (Å²) in [6, 6.07) is 24.6. The number of nitrogens with one attached hydrogen (secondary N) is 1. The average Bonchev–Trinajstić information content (AvgIpc) is 3.38. The second-order valence-electron chi connectivity index (χ2n) is 7.31. The molecule has 0 unspecified atom stereocenters. The highest BCUT2D eigenvalue weighted by molar-refractivity contribution is 7.09. The standard InChI is InChI=1S/C27H23NO4S/c1-31-27(30)21-13-11-19(12-14-21)16-22(26(29)28-17-23-8-5-15-33-23)18-32-25-10-4-7-20-6-2-3-9-24(20)25/h2-16H,17-18H2,1H3,(H,28,29)/b22-16+. The van der Waals surface area contributed by atoms with Gasteiger partial charge in [0.15, 0.2) is 0 Å². The molecule has 1 amide bonds. The normalized spacial score (nSPS) is 11.2. The van der Waals surface area contributed by atoms with E-state index < -0.39 is 5.97 Å². The number of amides is 1. The summed E-state index contributed by atoms with van der Waals surface area (Å²) in [6.07, 6.45) is 1.77. The number of carbonyl (C=O) groups is 2. The maximum Gasteiger partial charge on any atom is 0.337 e. The molecule has 0 atom stereocenters. The molecule has 3 aromatic carbocycles. The highest BCUT2D eigenvalue weighted by Gasteiger charge is 2.13. The van der Waals surface area contributed by atoms with Crippen LogP contribution in [-0.2, 0) is 16.1 Å². The van der Waals surface area contributed by atoms with Gasteiger partial charge in [0.1, 0.15) is 12.4 Å². The fourth-order valence-electron chi connectivity index (χ4n) is 3.38. The average molecular weight is 458 g/mol. The van der Waals surface area contributed by atoms with Gasteiger partial charge >= 0.3 is 5.97 Å². The monoisotopic (exact) mass is 457 g/mol. The van der Waals surface area contributed by atoms with Crippen molar-refractivity contribution in [2.24, 2.45) is 0 Å². The van der Waals surface area contributed by atoms with Gasteiger partial charge in [0.25, 0.3) is 5.91 Å². The van der Waals surface area contributed by atoms with Gasteiger partial charge in [-0.2, -0.15) is 0 Å². The molecule has 5 nitrogen and oxygen atoms in total. The van der Waals surface area contributed by atoms with Crippen molar-refractivity contribution in [1.82, 2.24) is 5.32 Å². The Kier molecular flexibility index (Phi) is 7.17. The van der Waals surface area contributed by atoms with Crippen LogP contribution in [-0.4, -0.2) is 25.6 Å². The molecule has 166 valence electrons. The lowest BCUT2D eigenvalue weighted by Crippen LogP contribution is -2.26. The van der Waals surface area contributed by atoms with E-state index in [1.54, 1.807) is 41.7 Å². The largest absolute Gasteiger partial charge is 0.488 e. The Labute approximate surface area is 196 Å². The predicted molar refractivity (Wildman–Crippen MR) is 131 cm³/mol. The molecular formula is C27H23NO4S. The summed E-state index contributed by atoms with van der Waals surface area (Å²) < 4.78 is 10.8. The van der Waals surface area contributed by atoms with Crippen LogP contribution in [0, 0.1) is 0 Å². The van der Waals surface area contributed by atoms with Crippen LogP contribution in [0.4, 0.5) is 0 Å². The lowest BCUT2D eigenvalue weighted by atomic mass is 10.1. The summed E-state index contributed by atoms with van der Waals surface area (Å²) in [5, 5.41) is 7.00. The van der Waals surface area contributed by atoms with E-state index in [0.717, 1.165) is 21.2 Å². The number of ether oxygens (including phenoxy) is 2. The van der Waals surface area contributed by atoms with Crippen LogP contribution in [0.3, 0.4) is 0 Å². The van der Waals surface area contributed by atoms with Gasteiger partial charge in [-0.15, -0.1) is 11.3 Å². The van der Waals surface area contributed by atoms with Crippen LogP contribution in [0.2, 0.25) is 0 Å². The number of carbonyl (C=O) groups excluding carboxylic acids is 2. The minimum Gasteiger partial charge on any atom is -0.488 e. The van der Waals surface area contributed by atoms with E-state index >= 15 is 0 Å². The molecule has 0 fully saturated rings. The minimum absolute atomic E-state index is 0.100. The molecule has 0 radical (unpaired) electrons. The summed E-state index contributed by atoms with van der Waals surface area (Å²) in [7, 11) is 1.34. The van der Waals surface area contributed by atoms with Crippen molar-refractivity contribution in [3.8, 4) is 5.75 Å². The number of esters is 1. The third-order valence-corrected chi connectivity index (χ3v) is 5.98. The van der Waals surface area contributed by atoms with Crippen molar-refractivity contribution in [3.63, 3.8) is 0 Å². The van der Waals surface area contributed by atoms with E-state index in [9.17, 15) is 9.59 Å². The van der Waals surface area contributed by atoms with Crippen molar-refractivity contribution in [1.29, 1.82) is 0 Å². The summed E-state index contributed by atoms with van der Waals surface area (Å²) >= 11 is 1.59. The van der Waals surface area contributed by atoms with E-state index in [1.165, 1.54) is 7.11 Å². The van der Waals surface area contributed by atoms with Gasteiger partial charge in [-0.05, 0) is 46.7 Å². The number of thiophene rings is 1. The van der Waals surface area contributed by atoms with E-state index in [-0.39, 0.29) is 12.5 Å². The molecule has 1 aromatic heterocycles. The predicted octanol–water partition coefficient (Wildman–Crippen LogP) is 5.47. The van der Waals surface area contributed by atoms with E-state index in [0.29, 0.717) is 23.4 Å². The fraction of sp³-hybridized carbons (Fsp3) is 0.111. The molecule has 0 bridgehead atoms. The van der Waals surface area contributed by atoms with Crippen LogP contribution >= 0.6 is 11.3 Å². The van der Waals surface area contributed by atoms with Gasteiger partial charge in [0, 0.05) is 10.3 Å². The molecule has 33 heavy (non-hydrogen) atoms. The Bertz CT molecular complexity index is 1270. The number of fused-ring (bicyclic) bond motifs is 1. The molecule has 1 N–H and O–H groups in total. The Morgan fingerprint density at radius 2 is 1.73 bits per heavy atom. The third-order valence-electron chi connectivity index (χ3n) is 5.10. The molecule has 0 spiro atoms. The van der Waals surface area contributed by atoms with Crippen molar-refractivity contribution >= 4 is 40.1 Å². The summed E-state index contributed by atoms with van der Waals surface area (Å²) in [5.74, 6) is 0.102. The Morgan fingerprint density at radius 1 is 0.939 bits per heavy atom. The first kappa shape index (κ1) is 22.3. The lowest BCUT2D eigenvalue weighted by Gasteiger charge is -2.13. The van der Waals surface area contributed by atoms with Crippen LogP contribution in [0.15, 0.2) is 89.8 Å². The molecule has 4 rings (SSSR count). The van der Waals surface area contributed by atoms with Gasteiger partial charge in [-0.1, -0.05) is 54.6 Å². The lowest BCUT2D eigenvalue weighted by molar-refractivity contribution is -0.117. The first-order chi connectivity index (χ1) is 16.1.